The number of fused-ring (bicyclic) bond motifs is 1. The van der Waals surface area contributed by atoms with Crippen LogP contribution in [0.1, 0.15) is 5.56 Å². The van der Waals surface area contributed by atoms with Gasteiger partial charge in [-0.1, -0.05) is 22.0 Å². The molecule has 0 spiro atoms. The van der Waals surface area contributed by atoms with Crippen molar-refractivity contribution in [1.82, 2.24) is 0 Å². The first kappa shape index (κ1) is 8.56. The lowest BCUT2D eigenvalue weighted by molar-refractivity contribution is -0.123. The fraction of sp³-hybridized carbons (Fsp3) is 0.222. The van der Waals surface area contributed by atoms with Crippen LogP contribution in [0.2, 0.25) is 0 Å². The van der Waals surface area contributed by atoms with E-state index >= 15 is 0 Å². The monoisotopic (exact) mass is 241 g/mol. The Hall–Kier alpha value is -1.03. The number of rotatable bonds is 1. The summed E-state index contributed by atoms with van der Waals surface area (Å²) in [5.41, 5.74) is 6.17. The van der Waals surface area contributed by atoms with Crippen molar-refractivity contribution < 1.29 is 9.53 Å². The van der Waals surface area contributed by atoms with Crippen LogP contribution in [-0.4, -0.2) is 12.0 Å². The first-order chi connectivity index (χ1) is 6.16. The molecule has 0 aromatic heterocycles. The van der Waals surface area contributed by atoms with Crippen molar-refractivity contribution in [3.8, 4) is 5.75 Å². The number of hydrogen-bond donors (Lipinski definition) is 1. The maximum absolute atomic E-state index is 10.8. The summed E-state index contributed by atoms with van der Waals surface area (Å²) < 4.78 is 6.29. The van der Waals surface area contributed by atoms with Gasteiger partial charge in [-0.15, -0.1) is 0 Å². The molecule has 3 nitrogen and oxygen atoms in total. The molecule has 0 fully saturated rings. The topological polar surface area (TPSA) is 52.3 Å². The highest BCUT2D eigenvalue weighted by molar-refractivity contribution is 9.10. The Kier molecular flexibility index (Phi) is 2.00. The second-order valence-corrected chi connectivity index (χ2v) is 3.88. The fourth-order valence-electron chi connectivity index (χ4n) is 1.36. The van der Waals surface area contributed by atoms with Gasteiger partial charge in [0.15, 0.2) is 6.10 Å². The van der Waals surface area contributed by atoms with E-state index in [0.717, 1.165) is 15.8 Å². The number of carbonyl (C=O) groups is 1. The Bertz CT molecular complexity index is 365. The largest absolute Gasteiger partial charge is 0.480 e. The van der Waals surface area contributed by atoms with Gasteiger partial charge in [0.2, 0.25) is 0 Å². The zero-order valence-electron chi connectivity index (χ0n) is 6.79. The molecule has 1 unspecified atom stereocenters. The molecule has 2 N–H and O–H groups in total. The third-order valence-corrected chi connectivity index (χ3v) is 2.51. The molecule has 4 heteroatoms. The minimum absolute atomic E-state index is 0.410. The van der Waals surface area contributed by atoms with Crippen molar-refractivity contribution in [3.05, 3.63) is 28.2 Å². The molecule has 1 aromatic rings. The van der Waals surface area contributed by atoms with Crippen LogP contribution in [0.3, 0.4) is 0 Å². The highest BCUT2D eigenvalue weighted by Crippen LogP contribution is 2.31. The third kappa shape index (κ3) is 1.54. The fourth-order valence-corrected chi connectivity index (χ4v) is 1.70. The molecule has 0 radical (unpaired) electrons. The zero-order chi connectivity index (χ0) is 9.42. The average molecular weight is 242 g/mol. The molecule has 1 amide bonds. The molecule has 68 valence electrons. The van der Waals surface area contributed by atoms with E-state index in [0.29, 0.717) is 6.42 Å². The van der Waals surface area contributed by atoms with E-state index < -0.39 is 12.0 Å². The maximum atomic E-state index is 10.8. The van der Waals surface area contributed by atoms with Crippen LogP contribution in [0.5, 0.6) is 5.75 Å². The van der Waals surface area contributed by atoms with Crippen molar-refractivity contribution in [3.63, 3.8) is 0 Å². The van der Waals surface area contributed by atoms with Gasteiger partial charge >= 0.3 is 0 Å². The number of hydrogen-bond acceptors (Lipinski definition) is 2. The molecule has 13 heavy (non-hydrogen) atoms. The molecule has 1 aliphatic rings. The number of carbonyl (C=O) groups excluding carboxylic acids is 1. The molecule has 0 saturated heterocycles. The van der Waals surface area contributed by atoms with Crippen LogP contribution in [0.15, 0.2) is 22.7 Å². The number of amides is 1. The Morgan fingerprint density at radius 2 is 2.38 bits per heavy atom. The van der Waals surface area contributed by atoms with Crippen LogP contribution in [-0.2, 0) is 11.2 Å². The van der Waals surface area contributed by atoms with E-state index in [2.05, 4.69) is 15.9 Å². The van der Waals surface area contributed by atoms with Gasteiger partial charge < -0.3 is 10.5 Å². The van der Waals surface area contributed by atoms with Gasteiger partial charge in [-0.3, -0.25) is 4.79 Å². The van der Waals surface area contributed by atoms with Crippen LogP contribution in [0.4, 0.5) is 0 Å². The van der Waals surface area contributed by atoms with Crippen molar-refractivity contribution in [1.29, 1.82) is 0 Å². The van der Waals surface area contributed by atoms with E-state index in [1.807, 2.05) is 18.2 Å². The van der Waals surface area contributed by atoms with Gasteiger partial charge in [-0.25, -0.2) is 0 Å². The quantitative estimate of drug-likeness (QED) is 0.805. The Labute approximate surface area is 84.0 Å². The molecule has 1 aliphatic heterocycles. The molecule has 0 aliphatic carbocycles. The van der Waals surface area contributed by atoms with Crippen LogP contribution in [0.25, 0.3) is 0 Å². The highest BCUT2D eigenvalue weighted by Gasteiger charge is 2.26. The lowest BCUT2D eigenvalue weighted by Gasteiger charge is -2.04. The van der Waals surface area contributed by atoms with E-state index in [1.54, 1.807) is 0 Å². The molecule has 1 aromatic carbocycles. The van der Waals surface area contributed by atoms with Crippen LogP contribution >= 0.6 is 15.9 Å². The second-order valence-electron chi connectivity index (χ2n) is 2.97. The highest BCUT2D eigenvalue weighted by atomic mass is 79.9. The van der Waals surface area contributed by atoms with Crippen LogP contribution < -0.4 is 10.5 Å². The predicted octanol–water partition coefficient (Wildman–Crippen LogP) is 1.24. The van der Waals surface area contributed by atoms with E-state index in [4.69, 9.17) is 10.5 Å². The first-order valence-corrected chi connectivity index (χ1v) is 4.70. The molecular formula is C9H8BrNO2. The van der Waals surface area contributed by atoms with Crippen molar-refractivity contribution in [2.45, 2.75) is 12.5 Å². The summed E-state index contributed by atoms with van der Waals surface area (Å²) in [6.45, 7) is 0. The summed E-state index contributed by atoms with van der Waals surface area (Å²) in [6.07, 6.45) is 0.0853. The molecule has 0 saturated carbocycles. The standard InChI is InChI=1S/C9H8BrNO2/c10-6-2-1-5-3-8(9(11)12)13-7(5)4-6/h1-2,4,8H,3H2,(H2,11,12). The van der Waals surface area contributed by atoms with Gasteiger partial charge in [0.1, 0.15) is 5.75 Å². The predicted molar refractivity (Wildman–Crippen MR) is 51.5 cm³/mol. The van der Waals surface area contributed by atoms with Gasteiger partial charge in [0.05, 0.1) is 0 Å². The molecule has 0 bridgehead atoms. The molecule has 1 atom stereocenters. The second kappa shape index (κ2) is 3.03. The van der Waals surface area contributed by atoms with Gasteiger partial charge in [0.25, 0.3) is 5.91 Å². The molecular weight excluding hydrogens is 234 g/mol. The van der Waals surface area contributed by atoms with Crippen molar-refractivity contribution >= 4 is 21.8 Å². The normalized spacial score (nSPS) is 19.3. The summed E-state index contributed by atoms with van der Waals surface area (Å²) >= 11 is 3.33. The zero-order valence-corrected chi connectivity index (χ0v) is 8.37. The number of halogens is 1. The summed E-state index contributed by atoms with van der Waals surface area (Å²) in [5, 5.41) is 0. The van der Waals surface area contributed by atoms with Crippen molar-refractivity contribution in [2.75, 3.05) is 0 Å². The molecule has 1 heterocycles. The van der Waals surface area contributed by atoms with Gasteiger partial charge in [0, 0.05) is 10.9 Å². The summed E-state index contributed by atoms with van der Waals surface area (Å²) in [7, 11) is 0. The number of ether oxygens (including phenoxy) is 1. The lowest BCUT2D eigenvalue weighted by Crippen LogP contribution is -2.31. The first-order valence-electron chi connectivity index (χ1n) is 3.91. The van der Waals surface area contributed by atoms with Gasteiger partial charge in [-0.05, 0) is 17.7 Å². The number of primary amides is 1. The Morgan fingerprint density at radius 3 is 3.08 bits per heavy atom. The molecule has 2 rings (SSSR count). The van der Waals surface area contributed by atoms with Gasteiger partial charge in [-0.2, -0.15) is 0 Å². The minimum Gasteiger partial charge on any atom is -0.480 e. The average Bonchev–Trinajstić information content (AvgIpc) is 2.46. The lowest BCUT2D eigenvalue weighted by atomic mass is 10.1. The smallest absolute Gasteiger partial charge is 0.258 e. The number of nitrogens with two attached hydrogens (primary N) is 1. The van der Waals surface area contributed by atoms with E-state index in [-0.39, 0.29) is 0 Å². The van der Waals surface area contributed by atoms with Crippen LogP contribution in [0, 0.1) is 0 Å². The number of benzene rings is 1. The maximum Gasteiger partial charge on any atom is 0.258 e. The minimum atomic E-state index is -0.496. The third-order valence-electron chi connectivity index (χ3n) is 2.02. The summed E-state index contributed by atoms with van der Waals surface area (Å²) in [4.78, 5) is 10.8. The SMILES string of the molecule is NC(=O)C1Cc2ccc(Br)cc2O1. The van der Waals surface area contributed by atoms with E-state index in [1.165, 1.54) is 0 Å². The van der Waals surface area contributed by atoms with Crippen molar-refractivity contribution in [2.24, 2.45) is 5.73 Å². The van der Waals surface area contributed by atoms with E-state index in [9.17, 15) is 4.79 Å². The summed E-state index contributed by atoms with van der Waals surface area (Å²) in [5.74, 6) is 0.338. The Balaban J connectivity index is 2.30. The summed E-state index contributed by atoms with van der Waals surface area (Å²) in [6, 6.07) is 5.70. The Morgan fingerprint density at radius 1 is 1.62 bits per heavy atom.